The molecule has 1 saturated heterocycles. The van der Waals surface area contributed by atoms with Crippen LogP contribution >= 0.6 is 0 Å². The van der Waals surface area contributed by atoms with Crippen LogP contribution in [0, 0.1) is 0 Å². The highest BCUT2D eigenvalue weighted by Gasteiger charge is 2.24. The molecule has 1 aliphatic rings. The average molecular weight is 350 g/mol. The first kappa shape index (κ1) is 16.7. The molecular weight excluding hydrogens is 328 g/mol. The first-order valence-electron chi connectivity index (χ1n) is 8.90. The van der Waals surface area contributed by atoms with E-state index in [1.54, 1.807) is 12.5 Å². The van der Waals surface area contributed by atoms with Crippen molar-refractivity contribution in [1.82, 2.24) is 24.4 Å². The number of nitrogens with one attached hydrogen (secondary N) is 1. The number of hydrogen-bond donors (Lipinski definition) is 1. The Bertz CT molecular complexity index is 944. The van der Waals surface area contributed by atoms with Crippen molar-refractivity contribution in [2.45, 2.75) is 25.8 Å². The lowest BCUT2D eigenvalue weighted by Crippen LogP contribution is -2.40. The molecule has 0 aliphatic carbocycles. The fourth-order valence-electron chi connectivity index (χ4n) is 3.39. The lowest BCUT2D eigenvalue weighted by atomic mass is 10.1. The number of aryl methyl sites for hydroxylation is 1. The maximum Gasteiger partial charge on any atom is 0.243 e. The monoisotopic (exact) mass is 350 g/mol. The van der Waals surface area contributed by atoms with Crippen LogP contribution < -0.4 is 5.32 Å². The molecule has 1 N–H and O–H groups in total. The summed E-state index contributed by atoms with van der Waals surface area (Å²) in [6.45, 7) is 3.88. The quantitative estimate of drug-likeness (QED) is 0.782. The van der Waals surface area contributed by atoms with E-state index in [0.29, 0.717) is 5.95 Å². The molecule has 1 unspecified atom stereocenters. The van der Waals surface area contributed by atoms with Crippen molar-refractivity contribution in [3.8, 4) is 11.3 Å². The minimum Gasteiger partial charge on any atom is -0.334 e. The Hall–Kier alpha value is -2.80. The largest absolute Gasteiger partial charge is 0.334 e. The fourth-order valence-corrected chi connectivity index (χ4v) is 3.39. The van der Waals surface area contributed by atoms with Gasteiger partial charge in [0.25, 0.3) is 0 Å². The van der Waals surface area contributed by atoms with E-state index in [0.717, 1.165) is 48.1 Å². The summed E-state index contributed by atoms with van der Waals surface area (Å²) in [5.41, 5.74) is 2.83. The minimum atomic E-state index is -0.169. The number of hydrogen-bond acceptors (Lipinski definition) is 5. The molecular formula is C19H22N6O. The van der Waals surface area contributed by atoms with Gasteiger partial charge in [-0.3, -0.25) is 15.0 Å². The number of aromatic nitrogens is 4. The smallest absolute Gasteiger partial charge is 0.243 e. The van der Waals surface area contributed by atoms with E-state index in [1.807, 2.05) is 42.9 Å². The maximum atomic E-state index is 12.5. The van der Waals surface area contributed by atoms with Crippen molar-refractivity contribution in [2.75, 3.05) is 18.4 Å². The Morgan fingerprint density at radius 2 is 2.04 bits per heavy atom. The van der Waals surface area contributed by atoms with Gasteiger partial charge in [-0.05, 0) is 38.9 Å². The van der Waals surface area contributed by atoms with Gasteiger partial charge >= 0.3 is 0 Å². The molecule has 3 aromatic rings. The fraction of sp³-hybridized carbons (Fsp3) is 0.368. The molecule has 26 heavy (non-hydrogen) atoms. The van der Waals surface area contributed by atoms with Gasteiger partial charge < -0.3 is 4.57 Å². The van der Waals surface area contributed by atoms with Crippen molar-refractivity contribution < 1.29 is 4.79 Å². The zero-order chi connectivity index (χ0) is 18.1. The zero-order valence-electron chi connectivity index (χ0n) is 15.0. The number of benzene rings is 1. The molecule has 7 nitrogen and oxygen atoms in total. The normalized spacial score (nSPS) is 16.1. The molecule has 1 atom stereocenters. The van der Waals surface area contributed by atoms with Gasteiger partial charge in [0, 0.05) is 24.2 Å². The van der Waals surface area contributed by atoms with Gasteiger partial charge in [0.1, 0.15) is 0 Å². The van der Waals surface area contributed by atoms with Crippen LogP contribution in [0.25, 0.3) is 22.2 Å². The third-order valence-corrected chi connectivity index (χ3v) is 5.00. The molecule has 3 heterocycles. The molecule has 2 aromatic heterocycles. The minimum absolute atomic E-state index is 0.0611. The highest BCUT2D eigenvalue weighted by atomic mass is 16.2. The Balaban J connectivity index is 1.58. The standard InChI is InChI=1S/C19H22N6O/c1-13(25-7-3-4-8-25)18(26)23-19-21-10-15-6-5-14(9-16(15)22-19)17-11-20-12-24(17)2/h5-6,9-13H,3-4,7-8H2,1-2H3,(H,21,22,23,26). The van der Waals surface area contributed by atoms with Crippen LogP contribution in [0.3, 0.4) is 0 Å². The first-order valence-corrected chi connectivity index (χ1v) is 8.90. The van der Waals surface area contributed by atoms with Crippen LogP contribution in [0.4, 0.5) is 5.95 Å². The summed E-state index contributed by atoms with van der Waals surface area (Å²) >= 11 is 0. The van der Waals surface area contributed by atoms with Crippen LogP contribution in [0.5, 0.6) is 0 Å². The molecule has 4 rings (SSSR count). The molecule has 1 aliphatic heterocycles. The Labute approximate surface area is 152 Å². The number of nitrogens with zero attached hydrogens (tertiary/aromatic N) is 5. The molecule has 7 heteroatoms. The SMILES string of the molecule is CC(C(=O)Nc1ncc2ccc(-c3cncn3C)cc2n1)N1CCCC1. The summed E-state index contributed by atoms with van der Waals surface area (Å²) in [7, 11) is 1.96. The van der Waals surface area contributed by atoms with Crippen molar-refractivity contribution in [1.29, 1.82) is 0 Å². The average Bonchev–Trinajstić information content (AvgIpc) is 3.32. The maximum absolute atomic E-state index is 12.5. The number of anilines is 1. The summed E-state index contributed by atoms with van der Waals surface area (Å²) in [6.07, 6.45) is 7.64. The predicted octanol–water partition coefficient (Wildman–Crippen LogP) is 2.45. The molecule has 0 spiro atoms. The van der Waals surface area contributed by atoms with Crippen molar-refractivity contribution in [2.24, 2.45) is 7.05 Å². The summed E-state index contributed by atoms with van der Waals surface area (Å²) < 4.78 is 1.96. The lowest BCUT2D eigenvalue weighted by molar-refractivity contribution is -0.120. The van der Waals surface area contributed by atoms with Gasteiger partial charge in [0.05, 0.1) is 29.8 Å². The van der Waals surface area contributed by atoms with Crippen LogP contribution in [0.1, 0.15) is 19.8 Å². The topological polar surface area (TPSA) is 75.9 Å². The van der Waals surface area contributed by atoms with Crippen molar-refractivity contribution in [3.05, 3.63) is 36.9 Å². The number of amides is 1. The van der Waals surface area contributed by atoms with Gasteiger partial charge in [-0.25, -0.2) is 15.0 Å². The molecule has 0 radical (unpaired) electrons. The number of rotatable bonds is 4. The zero-order valence-corrected chi connectivity index (χ0v) is 15.0. The summed E-state index contributed by atoms with van der Waals surface area (Å²) in [5, 5.41) is 3.79. The van der Waals surface area contributed by atoms with E-state index < -0.39 is 0 Å². The second-order valence-corrected chi connectivity index (χ2v) is 6.77. The highest BCUT2D eigenvalue weighted by molar-refractivity contribution is 5.94. The third-order valence-electron chi connectivity index (χ3n) is 5.00. The second kappa shape index (κ2) is 6.84. The van der Waals surface area contributed by atoms with E-state index in [9.17, 15) is 4.79 Å². The van der Waals surface area contributed by atoms with E-state index in [2.05, 4.69) is 25.2 Å². The number of likely N-dealkylation sites (tertiary alicyclic amines) is 1. The highest BCUT2D eigenvalue weighted by Crippen LogP contribution is 2.23. The van der Waals surface area contributed by atoms with Crippen molar-refractivity contribution in [3.63, 3.8) is 0 Å². The molecule has 0 saturated carbocycles. The Morgan fingerprint density at radius 1 is 1.23 bits per heavy atom. The van der Waals surface area contributed by atoms with Crippen molar-refractivity contribution >= 4 is 22.8 Å². The second-order valence-electron chi connectivity index (χ2n) is 6.77. The van der Waals surface area contributed by atoms with Gasteiger partial charge in [0.15, 0.2) is 0 Å². The lowest BCUT2D eigenvalue weighted by Gasteiger charge is -2.22. The molecule has 1 aromatic carbocycles. The van der Waals surface area contributed by atoms with Crippen LogP contribution in [-0.4, -0.2) is 49.5 Å². The predicted molar refractivity (Wildman–Crippen MR) is 101 cm³/mol. The summed E-state index contributed by atoms with van der Waals surface area (Å²) in [5.74, 6) is 0.282. The summed E-state index contributed by atoms with van der Waals surface area (Å²) in [6, 6.07) is 5.83. The van der Waals surface area contributed by atoms with E-state index in [1.165, 1.54) is 0 Å². The van der Waals surface area contributed by atoms with Crippen LogP contribution in [0.2, 0.25) is 0 Å². The van der Waals surface area contributed by atoms with E-state index in [4.69, 9.17) is 0 Å². The van der Waals surface area contributed by atoms with Crippen LogP contribution in [-0.2, 0) is 11.8 Å². The van der Waals surface area contributed by atoms with Gasteiger partial charge in [0.2, 0.25) is 11.9 Å². The van der Waals surface area contributed by atoms with Gasteiger partial charge in [-0.15, -0.1) is 0 Å². The molecule has 1 fully saturated rings. The number of carbonyl (C=O) groups is 1. The molecule has 134 valence electrons. The van der Waals surface area contributed by atoms with E-state index in [-0.39, 0.29) is 11.9 Å². The van der Waals surface area contributed by atoms with Crippen LogP contribution in [0.15, 0.2) is 36.9 Å². The number of carbonyl (C=O) groups excluding carboxylic acids is 1. The van der Waals surface area contributed by atoms with Gasteiger partial charge in [-0.2, -0.15) is 0 Å². The number of fused-ring (bicyclic) bond motifs is 1. The van der Waals surface area contributed by atoms with E-state index >= 15 is 0 Å². The first-order chi connectivity index (χ1) is 12.6. The molecule has 0 bridgehead atoms. The Morgan fingerprint density at radius 3 is 2.77 bits per heavy atom. The van der Waals surface area contributed by atoms with Gasteiger partial charge in [-0.1, -0.05) is 12.1 Å². The number of imidazole rings is 1. The third kappa shape index (κ3) is 3.17. The molecule has 1 amide bonds. The Kier molecular flexibility index (Phi) is 4.38. The summed E-state index contributed by atoms with van der Waals surface area (Å²) in [4.78, 5) is 27.7.